The summed E-state index contributed by atoms with van der Waals surface area (Å²) >= 11 is 0. The summed E-state index contributed by atoms with van der Waals surface area (Å²) in [5, 5.41) is 20.6. The van der Waals surface area contributed by atoms with Crippen molar-refractivity contribution >= 4 is 29.7 Å². The molecule has 0 aliphatic carbocycles. The Morgan fingerprint density at radius 2 is 1.17 bits per heavy atom. The van der Waals surface area contributed by atoms with Gasteiger partial charge in [0, 0.05) is 45.0 Å². The zero-order valence-corrected chi connectivity index (χ0v) is 35.4. The number of amides is 3. The Morgan fingerprint density at radius 1 is 0.690 bits per heavy atom. The van der Waals surface area contributed by atoms with Crippen LogP contribution in [0.3, 0.4) is 0 Å². The number of phenolic OH excluding ortho intramolecular Hbond substituents is 1. The molecular formula is C44H61N4O10+. The van der Waals surface area contributed by atoms with Gasteiger partial charge in [-0.15, -0.1) is 0 Å². The lowest BCUT2D eigenvalue weighted by atomic mass is 9.96. The number of nitrogens with zero attached hydrogens (tertiary/aromatic N) is 3. The molecule has 316 valence electrons. The maximum atomic E-state index is 14.5. The highest BCUT2D eigenvalue weighted by Gasteiger charge is 2.40. The number of ether oxygens (including phenoxy) is 3. The number of phenols is 1. The second kappa shape index (κ2) is 21.8. The number of hydrogen-bond acceptors (Lipinski definition) is 10. The van der Waals surface area contributed by atoms with E-state index in [4.69, 9.17) is 19.3 Å². The van der Waals surface area contributed by atoms with E-state index in [-0.39, 0.29) is 18.6 Å². The Bertz CT molecular complexity index is 1820. The zero-order chi connectivity index (χ0) is 43.3. The molecule has 0 aliphatic rings. The van der Waals surface area contributed by atoms with Gasteiger partial charge >= 0.3 is 11.9 Å². The smallest absolute Gasteiger partial charge is 0.328 e. The molecule has 0 radical (unpaired) electrons. The van der Waals surface area contributed by atoms with Crippen molar-refractivity contribution < 1.29 is 48.4 Å². The molecule has 14 heteroatoms. The Labute approximate surface area is 342 Å². The Balaban J connectivity index is 1.92. The molecule has 0 unspecified atom stereocenters. The van der Waals surface area contributed by atoms with Crippen molar-refractivity contribution in [3.63, 3.8) is 0 Å². The van der Waals surface area contributed by atoms with Crippen LogP contribution in [0.5, 0.6) is 17.2 Å². The molecule has 0 aliphatic heterocycles. The fourth-order valence-corrected chi connectivity index (χ4v) is 6.44. The van der Waals surface area contributed by atoms with Crippen molar-refractivity contribution in [3.8, 4) is 17.2 Å². The summed E-state index contributed by atoms with van der Waals surface area (Å²) < 4.78 is 16.3. The van der Waals surface area contributed by atoms with E-state index in [0.717, 1.165) is 5.56 Å². The SMILES string of the molecule is CC[C@H](C)[C@@H](OC(=O)[C@@H](Cc1ccc(OC)cc1)N(C)C)C(=O)N[C@@H](C(=O)N(C)[C@@H](Cc1ccc(O)cc1)C(=O)N(C)[C@@H](Cc1ccc([OH2+])cc1)C(=O)OC)C(C)C. The van der Waals surface area contributed by atoms with Gasteiger partial charge in [-0.2, -0.15) is 0 Å². The maximum Gasteiger partial charge on any atom is 0.328 e. The lowest BCUT2D eigenvalue weighted by Gasteiger charge is -2.36. The second-order valence-corrected chi connectivity index (χ2v) is 15.2. The van der Waals surface area contributed by atoms with E-state index in [0.29, 0.717) is 35.5 Å². The molecule has 0 aromatic heterocycles. The third-order valence-electron chi connectivity index (χ3n) is 10.5. The molecule has 3 rings (SSSR count). The molecule has 0 bridgehead atoms. The van der Waals surface area contributed by atoms with Crippen LogP contribution < -0.4 is 10.1 Å². The van der Waals surface area contributed by atoms with Crippen LogP contribution in [0.4, 0.5) is 0 Å². The molecule has 4 N–H and O–H groups in total. The first kappa shape index (κ1) is 46.8. The van der Waals surface area contributed by atoms with Crippen molar-refractivity contribution in [2.45, 2.75) is 83.6 Å². The predicted molar refractivity (Wildman–Crippen MR) is 220 cm³/mol. The van der Waals surface area contributed by atoms with Crippen LogP contribution >= 0.6 is 0 Å². The van der Waals surface area contributed by atoms with E-state index in [1.54, 1.807) is 95.4 Å². The average molecular weight is 806 g/mol. The quantitative estimate of drug-likeness (QED) is 0.126. The first-order valence-corrected chi connectivity index (χ1v) is 19.4. The largest absolute Gasteiger partial charge is 0.593 e. The van der Waals surface area contributed by atoms with Gasteiger partial charge < -0.3 is 39.5 Å². The van der Waals surface area contributed by atoms with E-state index in [1.165, 1.54) is 43.1 Å². The number of benzene rings is 3. The minimum absolute atomic E-state index is 0.0130. The average Bonchev–Trinajstić information content (AvgIpc) is 3.21. The Hall–Kier alpha value is -5.63. The molecule has 0 saturated heterocycles. The van der Waals surface area contributed by atoms with E-state index in [9.17, 15) is 29.1 Å². The fraction of sp³-hybridized carbons (Fsp3) is 0.477. The number of hydrogen-bond donors (Lipinski definition) is 2. The number of nitrogens with one attached hydrogen (secondary N) is 1. The number of likely N-dealkylation sites (N-methyl/N-ethyl adjacent to an activating group) is 3. The third kappa shape index (κ3) is 12.7. The lowest BCUT2D eigenvalue weighted by Crippen LogP contribution is -2.59. The number of methoxy groups -OCH3 is 2. The highest BCUT2D eigenvalue weighted by molar-refractivity contribution is 5.95. The van der Waals surface area contributed by atoms with Gasteiger partial charge in [0.05, 0.1) is 14.2 Å². The maximum absolute atomic E-state index is 14.5. The molecule has 6 atom stereocenters. The lowest BCUT2D eigenvalue weighted by molar-refractivity contribution is -0.164. The Kier molecular flexibility index (Phi) is 17.5. The summed E-state index contributed by atoms with van der Waals surface area (Å²) in [5.74, 6) is -2.91. The highest BCUT2D eigenvalue weighted by Crippen LogP contribution is 2.22. The van der Waals surface area contributed by atoms with Crippen LogP contribution in [0.2, 0.25) is 0 Å². The van der Waals surface area contributed by atoms with Crippen molar-refractivity contribution in [3.05, 3.63) is 89.5 Å². The molecule has 0 heterocycles. The van der Waals surface area contributed by atoms with Gasteiger partial charge in [-0.3, -0.25) is 24.1 Å². The minimum atomic E-state index is -1.22. The van der Waals surface area contributed by atoms with Gasteiger partial charge in [0.2, 0.25) is 11.8 Å². The second-order valence-electron chi connectivity index (χ2n) is 15.2. The Morgan fingerprint density at radius 3 is 1.66 bits per heavy atom. The van der Waals surface area contributed by atoms with Crippen LogP contribution in [0.15, 0.2) is 72.8 Å². The number of carbonyl (C=O) groups is 5. The molecule has 3 amide bonds. The molecule has 3 aromatic rings. The van der Waals surface area contributed by atoms with Gasteiger partial charge in [-0.25, -0.2) is 4.79 Å². The summed E-state index contributed by atoms with van der Waals surface area (Å²) in [6.07, 6.45) is -0.295. The van der Waals surface area contributed by atoms with E-state index < -0.39 is 71.8 Å². The van der Waals surface area contributed by atoms with Gasteiger partial charge in [0.15, 0.2) is 6.10 Å². The van der Waals surface area contributed by atoms with E-state index in [1.807, 2.05) is 19.1 Å². The molecule has 0 spiro atoms. The van der Waals surface area contributed by atoms with E-state index >= 15 is 0 Å². The number of aromatic hydroxyl groups is 1. The molecule has 58 heavy (non-hydrogen) atoms. The number of esters is 2. The zero-order valence-electron chi connectivity index (χ0n) is 35.4. The number of carbonyl (C=O) groups excluding carboxylic acids is 5. The van der Waals surface area contributed by atoms with Gasteiger partial charge in [0.1, 0.15) is 35.7 Å². The van der Waals surface area contributed by atoms with Crippen LogP contribution in [0, 0.1) is 11.8 Å². The van der Waals surface area contributed by atoms with Crippen molar-refractivity contribution in [1.29, 1.82) is 0 Å². The van der Waals surface area contributed by atoms with Crippen LogP contribution in [-0.2, 0) is 52.7 Å². The molecule has 14 nitrogen and oxygen atoms in total. The summed E-state index contributed by atoms with van der Waals surface area (Å²) in [4.78, 5) is 74.3. The van der Waals surface area contributed by atoms with Gasteiger partial charge in [-0.05, 0) is 85.9 Å². The molecule has 0 fully saturated rings. The highest BCUT2D eigenvalue weighted by atomic mass is 16.6. The first-order chi connectivity index (χ1) is 27.4. The van der Waals surface area contributed by atoms with Crippen LogP contribution in [0.1, 0.15) is 50.8 Å². The minimum Gasteiger partial charge on any atom is -0.593 e. The topological polar surface area (TPSA) is 178 Å². The molecule has 0 saturated carbocycles. The third-order valence-corrected chi connectivity index (χ3v) is 10.5. The summed E-state index contributed by atoms with van der Waals surface area (Å²) in [6.45, 7) is 7.19. The van der Waals surface area contributed by atoms with Crippen molar-refractivity contribution in [2.75, 3.05) is 42.4 Å². The van der Waals surface area contributed by atoms with Crippen molar-refractivity contribution in [2.24, 2.45) is 11.8 Å². The molecular weight excluding hydrogens is 745 g/mol. The first-order valence-electron chi connectivity index (χ1n) is 19.4. The number of rotatable bonds is 20. The normalized spacial score (nSPS) is 14.3. The summed E-state index contributed by atoms with van der Waals surface area (Å²) in [6, 6.07) is 16.0. The molecule has 3 aromatic carbocycles. The van der Waals surface area contributed by atoms with Crippen molar-refractivity contribution in [1.82, 2.24) is 20.0 Å². The fourth-order valence-electron chi connectivity index (χ4n) is 6.44. The van der Waals surface area contributed by atoms with Gasteiger partial charge in [-0.1, -0.05) is 52.0 Å². The van der Waals surface area contributed by atoms with Crippen LogP contribution in [-0.4, -0.2) is 127 Å². The van der Waals surface area contributed by atoms with E-state index in [2.05, 4.69) is 5.32 Å². The summed E-state index contributed by atoms with van der Waals surface area (Å²) in [7, 11) is 9.25. The monoisotopic (exact) mass is 805 g/mol. The standard InChI is InChI=1S/C44H60N4O10/c1-11-28(4)39(58-44(55)36(46(5)6)25-31-16-22-34(56-9)23-17-31)40(51)45-38(27(2)3)42(53)47(7)35(24-29-12-18-32(49)19-13-29)41(52)48(8)37(43(54)57-10)26-30-14-20-33(50)21-15-30/h12-23,27-28,35-39,49-50H,11,24-26H2,1-10H3,(H,45,51)/p+1/t28-,35-,36+,37-,38+,39+/m0/s1. The predicted octanol–water partition coefficient (Wildman–Crippen LogP) is 3.72. The summed E-state index contributed by atoms with van der Waals surface area (Å²) in [5.41, 5.74) is 2.20. The van der Waals surface area contributed by atoms with Gasteiger partial charge in [0.25, 0.3) is 11.7 Å². The van der Waals surface area contributed by atoms with Crippen LogP contribution in [0.25, 0.3) is 0 Å².